The number of fused-ring (bicyclic) bond motifs is 1. The second kappa shape index (κ2) is 5.92. The molecule has 5 heteroatoms. The second-order valence-corrected chi connectivity index (χ2v) is 5.08. The monoisotopic (exact) mass is 272 g/mol. The van der Waals surface area contributed by atoms with Crippen LogP contribution in [0.2, 0.25) is 0 Å². The van der Waals surface area contributed by atoms with Gasteiger partial charge in [0.15, 0.2) is 0 Å². The molecule has 1 unspecified atom stereocenters. The molecule has 1 aliphatic rings. The molecule has 2 rings (SSSR count). The summed E-state index contributed by atoms with van der Waals surface area (Å²) in [5.41, 5.74) is 3.66. The Hall–Kier alpha value is -1.07. The Bertz CT molecular complexity index is 429. The first kappa shape index (κ1) is 14.3. The molecule has 19 heavy (non-hydrogen) atoms. The summed E-state index contributed by atoms with van der Waals surface area (Å²) in [4.78, 5) is 0. The zero-order valence-corrected chi connectivity index (χ0v) is 11.0. The first-order valence-corrected chi connectivity index (χ1v) is 6.56. The fraction of sp³-hybridized carbons (Fsp3) is 0.571. The molecule has 0 bridgehead atoms. The van der Waals surface area contributed by atoms with Gasteiger partial charge in [0.05, 0.1) is 6.42 Å². The van der Waals surface area contributed by atoms with Crippen molar-refractivity contribution in [1.29, 1.82) is 0 Å². The summed E-state index contributed by atoms with van der Waals surface area (Å²) in [6.07, 6.45) is -3.95. The van der Waals surface area contributed by atoms with Crippen LogP contribution in [0.3, 0.4) is 0 Å². The predicted molar refractivity (Wildman–Crippen MR) is 68.8 cm³/mol. The SMILES string of the molecule is CC(CC(F)(F)F)NCc1cccc2c1CCNC2. The number of rotatable bonds is 4. The lowest BCUT2D eigenvalue weighted by Gasteiger charge is -2.22. The van der Waals surface area contributed by atoms with E-state index in [1.165, 1.54) is 11.1 Å². The highest BCUT2D eigenvalue weighted by Gasteiger charge is 2.29. The van der Waals surface area contributed by atoms with Crippen LogP contribution in [0.25, 0.3) is 0 Å². The van der Waals surface area contributed by atoms with Gasteiger partial charge in [0.25, 0.3) is 0 Å². The maximum atomic E-state index is 12.3. The van der Waals surface area contributed by atoms with Crippen LogP contribution in [0.15, 0.2) is 18.2 Å². The average Bonchev–Trinajstić information content (AvgIpc) is 2.34. The Morgan fingerprint density at radius 1 is 1.37 bits per heavy atom. The van der Waals surface area contributed by atoms with Crippen LogP contribution < -0.4 is 10.6 Å². The molecule has 0 saturated heterocycles. The van der Waals surface area contributed by atoms with Crippen LogP contribution in [0.4, 0.5) is 13.2 Å². The summed E-state index contributed by atoms with van der Waals surface area (Å²) in [5.74, 6) is 0. The van der Waals surface area contributed by atoms with Gasteiger partial charge in [-0.2, -0.15) is 13.2 Å². The Morgan fingerprint density at radius 3 is 2.89 bits per heavy atom. The highest BCUT2D eigenvalue weighted by atomic mass is 19.4. The molecule has 0 radical (unpaired) electrons. The van der Waals surface area contributed by atoms with Gasteiger partial charge in [-0.05, 0) is 36.6 Å². The molecule has 2 nitrogen and oxygen atoms in total. The molecule has 0 aromatic heterocycles. The zero-order chi connectivity index (χ0) is 13.9. The third-order valence-corrected chi connectivity index (χ3v) is 3.42. The molecule has 2 N–H and O–H groups in total. The standard InChI is InChI=1S/C14H19F3N2/c1-10(7-14(15,16)17)19-9-12-4-2-3-11-8-18-6-5-13(11)12/h2-4,10,18-19H,5-9H2,1H3. The number of hydrogen-bond donors (Lipinski definition) is 2. The summed E-state index contributed by atoms with van der Waals surface area (Å²) in [7, 11) is 0. The van der Waals surface area contributed by atoms with Crippen LogP contribution in [0, 0.1) is 0 Å². The van der Waals surface area contributed by atoms with Crippen molar-refractivity contribution >= 4 is 0 Å². The third-order valence-electron chi connectivity index (χ3n) is 3.42. The number of alkyl halides is 3. The van der Waals surface area contributed by atoms with E-state index in [2.05, 4.69) is 16.7 Å². The van der Waals surface area contributed by atoms with Crippen molar-refractivity contribution in [2.24, 2.45) is 0 Å². The van der Waals surface area contributed by atoms with Gasteiger partial charge in [0.1, 0.15) is 0 Å². The van der Waals surface area contributed by atoms with Gasteiger partial charge in [-0.15, -0.1) is 0 Å². The first-order valence-electron chi connectivity index (χ1n) is 6.56. The number of nitrogens with one attached hydrogen (secondary N) is 2. The third kappa shape index (κ3) is 4.21. The van der Waals surface area contributed by atoms with Crippen LogP contribution in [0.1, 0.15) is 30.0 Å². The first-order chi connectivity index (χ1) is 8.96. The average molecular weight is 272 g/mol. The maximum absolute atomic E-state index is 12.3. The largest absolute Gasteiger partial charge is 0.390 e. The molecule has 0 aliphatic carbocycles. The second-order valence-electron chi connectivity index (χ2n) is 5.08. The molecule has 1 aromatic carbocycles. The zero-order valence-electron chi connectivity index (χ0n) is 11.0. The minimum atomic E-state index is -4.10. The molecule has 106 valence electrons. The molecule has 1 heterocycles. The Morgan fingerprint density at radius 2 is 2.16 bits per heavy atom. The Labute approximate surface area is 111 Å². The van der Waals surface area contributed by atoms with Gasteiger partial charge in [0.2, 0.25) is 0 Å². The van der Waals surface area contributed by atoms with E-state index in [0.717, 1.165) is 25.1 Å². The Balaban J connectivity index is 1.96. The molecule has 0 fully saturated rings. The van der Waals surface area contributed by atoms with E-state index in [-0.39, 0.29) is 0 Å². The van der Waals surface area contributed by atoms with Crippen molar-refractivity contribution in [3.63, 3.8) is 0 Å². The molecule has 1 aliphatic heterocycles. The van der Waals surface area contributed by atoms with Crippen molar-refractivity contribution in [1.82, 2.24) is 10.6 Å². The molecule has 1 atom stereocenters. The lowest BCUT2D eigenvalue weighted by molar-refractivity contribution is -0.139. The maximum Gasteiger partial charge on any atom is 0.390 e. The van der Waals surface area contributed by atoms with Gasteiger partial charge in [-0.3, -0.25) is 0 Å². The van der Waals surface area contributed by atoms with Crippen molar-refractivity contribution in [2.45, 2.75) is 45.1 Å². The van der Waals surface area contributed by atoms with Crippen molar-refractivity contribution in [2.75, 3.05) is 6.54 Å². The van der Waals surface area contributed by atoms with E-state index >= 15 is 0 Å². The minimum absolute atomic E-state index is 0.500. The lowest BCUT2D eigenvalue weighted by atomic mass is 9.95. The summed E-state index contributed by atoms with van der Waals surface area (Å²) in [6, 6.07) is 5.48. The summed E-state index contributed by atoms with van der Waals surface area (Å²) in [6.45, 7) is 3.86. The number of halogens is 3. The topological polar surface area (TPSA) is 24.1 Å². The van der Waals surface area contributed by atoms with Crippen LogP contribution in [-0.4, -0.2) is 18.8 Å². The summed E-state index contributed by atoms with van der Waals surface area (Å²) >= 11 is 0. The number of hydrogen-bond acceptors (Lipinski definition) is 2. The highest BCUT2D eigenvalue weighted by molar-refractivity contribution is 5.36. The smallest absolute Gasteiger partial charge is 0.312 e. The quantitative estimate of drug-likeness (QED) is 0.880. The molecule has 0 spiro atoms. The van der Waals surface area contributed by atoms with Crippen molar-refractivity contribution < 1.29 is 13.2 Å². The molecule has 0 amide bonds. The van der Waals surface area contributed by atoms with E-state index < -0.39 is 18.6 Å². The van der Waals surface area contributed by atoms with Crippen molar-refractivity contribution in [3.05, 3.63) is 34.9 Å². The molecular weight excluding hydrogens is 253 g/mol. The fourth-order valence-electron chi connectivity index (χ4n) is 2.48. The highest BCUT2D eigenvalue weighted by Crippen LogP contribution is 2.22. The van der Waals surface area contributed by atoms with E-state index in [1.807, 2.05) is 12.1 Å². The van der Waals surface area contributed by atoms with Gasteiger partial charge >= 0.3 is 6.18 Å². The van der Waals surface area contributed by atoms with Gasteiger partial charge in [-0.1, -0.05) is 18.2 Å². The molecule has 0 saturated carbocycles. The number of benzene rings is 1. The van der Waals surface area contributed by atoms with Gasteiger partial charge in [0, 0.05) is 19.1 Å². The summed E-state index contributed by atoms with van der Waals surface area (Å²) in [5, 5.41) is 6.26. The van der Waals surface area contributed by atoms with E-state index in [4.69, 9.17) is 0 Å². The normalized spacial score (nSPS) is 17.1. The van der Waals surface area contributed by atoms with E-state index in [0.29, 0.717) is 6.54 Å². The lowest BCUT2D eigenvalue weighted by Crippen LogP contribution is -2.32. The van der Waals surface area contributed by atoms with Gasteiger partial charge in [-0.25, -0.2) is 0 Å². The minimum Gasteiger partial charge on any atom is -0.312 e. The molecule has 1 aromatic rings. The Kier molecular flexibility index (Phi) is 4.47. The molecular formula is C14H19F3N2. The fourth-order valence-corrected chi connectivity index (χ4v) is 2.48. The van der Waals surface area contributed by atoms with Crippen LogP contribution in [-0.2, 0) is 19.5 Å². The predicted octanol–water partition coefficient (Wildman–Crippen LogP) is 2.76. The van der Waals surface area contributed by atoms with E-state index in [1.54, 1.807) is 6.92 Å². The summed E-state index contributed by atoms with van der Waals surface area (Å²) < 4.78 is 36.8. The van der Waals surface area contributed by atoms with E-state index in [9.17, 15) is 13.2 Å². The van der Waals surface area contributed by atoms with Gasteiger partial charge < -0.3 is 10.6 Å². The van der Waals surface area contributed by atoms with Crippen molar-refractivity contribution in [3.8, 4) is 0 Å². The van der Waals surface area contributed by atoms with Crippen LogP contribution in [0.5, 0.6) is 0 Å². The van der Waals surface area contributed by atoms with Crippen LogP contribution >= 0.6 is 0 Å².